The van der Waals surface area contributed by atoms with E-state index >= 15 is 0 Å². The first-order valence-corrected chi connectivity index (χ1v) is 29.0. The third kappa shape index (κ3) is 11.6. The number of Topliss-reactive ketones (excluding diaryl/α,β-unsaturated/α-hetero) is 1. The molecule has 0 aliphatic carbocycles. The minimum absolute atomic E-state index is 0.0438. The average Bonchev–Trinajstić information content (AvgIpc) is 3.70. The van der Waals surface area contributed by atoms with Crippen LogP contribution in [0, 0.1) is 5.41 Å². The molecule has 0 unspecified atom stereocenters. The van der Waals surface area contributed by atoms with Crippen LogP contribution in [0.15, 0.2) is 116 Å². The highest BCUT2D eigenvalue weighted by atomic mass is 32.2. The number of hydrogen-bond acceptors (Lipinski definition) is 17. The van der Waals surface area contributed by atoms with E-state index in [0.29, 0.717) is 107 Å². The van der Waals surface area contributed by atoms with E-state index in [4.69, 9.17) is 4.98 Å². The Morgan fingerprint density at radius 3 is 2.04 bits per heavy atom. The van der Waals surface area contributed by atoms with Gasteiger partial charge < -0.3 is 29.1 Å². The summed E-state index contributed by atoms with van der Waals surface area (Å²) in [5, 5.41) is 18.3. The first-order chi connectivity index (χ1) is 35.0. The summed E-state index contributed by atoms with van der Waals surface area (Å²) in [6.07, 6.45) is 11.5. The molecule has 0 saturated heterocycles. The number of pyridine rings is 1. The molecule has 0 atom stereocenters. The lowest BCUT2D eigenvalue weighted by Crippen LogP contribution is -2.27. The Balaban J connectivity index is 1.33. The van der Waals surface area contributed by atoms with Gasteiger partial charge in [-0.2, -0.15) is 8.91 Å². The number of rotatable bonds is 19. The van der Waals surface area contributed by atoms with Crippen LogP contribution < -0.4 is 15.5 Å². The monoisotopic (exact) mass is 1100 g/mol. The first kappa shape index (κ1) is 57.1. The topological polar surface area (TPSA) is 278 Å². The predicted molar refractivity (Wildman–Crippen MR) is 279 cm³/mol. The summed E-state index contributed by atoms with van der Waals surface area (Å²) in [5.41, 5.74) is 2.91. The molecular formula is C53H57N4O14S4-3. The van der Waals surface area contributed by atoms with Crippen molar-refractivity contribution in [2.24, 2.45) is 5.41 Å². The number of amides is 1. The van der Waals surface area contributed by atoms with Crippen molar-refractivity contribution in [3.8, 4) is 0 Å². The number of anilines is 1. The number of fused-ring (bicyclic) bond motifs is 6. The lowest BCUT2D eigenvalue weighted by atomic mass is 9.79. The van der Waals surface area contributed by atoms with Gasteiger partial charge >= 0.3 is 0 Å². The Hall–Kier alpha value is -5.66. The number of carbonyl (C=O) groups excluding carboxylic acids is 2. The third-order valence-electron chi connectivity index (χ3n) is 13.8. The Morgan fingerprint density at radius 2 is 1.45 bits per heavy atom. The fourth-order valence-electron chi connectivity index (χ4n) is 10.1. The van der Waals surface area contributed by atoms with Crippen molar-refractivity contribution in [1.82, 2.24) is 10.3 Å². The van der Waals surface area contributed by atoms with Gasteiger partial charge in [0.15, 0.2) is 5.71 Å². The molecule has 1 amide bonds. The van der Waals surface area contributed by atoms with E-state index in [1.807, 2.05) is 102 Å². The summed E-state index contributed by atoms with van der Waals surface area (Å²) in [6, 6.07) is 14.1. The number of carbonyl (C=O) groups is 2. The van der Waals surface area contributed by atoms with Crippen LogP contribution in [0.1, 0.15) is 115 Å². The molecular weight excluding hydrogens is 1040 g/mol. The van der Waals surface area contributed by atoms with E-state index in [1.54, 1.807) is 24.3 Å². The second-order valence-corrected chi connectivity index (χ2v) is 25.2. The van der Waals surface area contributed by atoms with Gasteiger partial charge in [0, 0.05) is 76.1 Å². The summed E-state index contributed by atoms with van der Waals surface area (Å²) in [6.45, 7) is 18.3. The maximum atomic E-state index is 13.3. The highest BCUT2D eigenvalue weighted by molar-refractivity contribution is 7.94. The quantitative estimate of drug-likeness (QED) is 0.0156. The second kappa shape index (κ2) is 21.4. The maximum Gasteiger partial charge on any atom is 0.252 e. The van der Waals surface area contributed by atoms with E-state index < -0.39 is 61.3 Å². The number of nitrogens with one attached hydrogen (secondary N) is 1. The van der Waals surface area contributed by atoms with Gasteiger partial charge in [-0.15, -0.1) is 0 Å². The molecule has 0 fully saturated rings. The minimum Gasteiger partial charge on any atom is -0.744 e. The van der Waals surface area contributed by atoms with Gasteiger partial charge in [-0.1, -0.05) is 53.2 Å². The van der Waals surface area contributed by atoms with Crippen LogP contribution >= 0.6 is 12.0 Å². The summed E-state index contributed by atoms with van der Waals surface area (Å²) < 4.78 is 119. The molecule has 5 aromatic rings. The average molecular weight is 1100 g/mol. The van der Waals surface area contributed by atoms with Gasteiger partial charge in [-0.25, -0.2) is 25.3 Å². The molecule has 0 radical (unpaired) electrons. The molecule has 2 aliphatic rings. The Labute approximate surface area is 441 Å². The Morgan fingerprint density at radius 1 is 0.800 bits per heavy atom. The van der Waals surface area contributed by atoms with Crippen molar-refractivity contribution in [2.45, 2.75) is 118 Å². The van der Waals surface area contributed by atoms with E-state index in [2.05, 4.69) is 14.7 Å². The van der Waals surface area contributed by atoms with Crippen molar-refractivity contribution < 1.29 is 67.7 Å². The van der Waals surface area contributed by atoms with E-state index in [1.165, 1.54) is 18.3 Å². The predicted octanol–water partition coefficient (Wildman–Crippen LogP) is 7.97. The van der Waals surface area contributed by atoms with Crippen molar-refractivity contribution in [3.05, 3.63) is 119 Å². The molecule has 22 heteroatoms. The third-order valence-corrected chi connectivity index (χ3v) is 16.9. The van der Waals surface area contributed by atoms with Gasteiger partial charge in [-0.05, 0) is 128 Å². The number of ketones is 1. The summed E-state index contributed by atoms with van der Waals surface area (Å²) in [7, 11) is -15.4. The number of aromatic nitrogens is 1. The van der Waals surface area contributed by atoms with Gasteiger partial charge in [0.2, 0.25) is 5.69 Å². The van der Waals surface area contributed by atoms with E-state index in [9.17, 15) is 53.8 Å². The normalized spacial score (nSPS) is 16.4. The Bertz CT molecular complexity index is 3620. The number of hydrogen-bond donors (Lipinski definition) is 1. The van der Waals surface area contributed by atoms with Gasteiger partial charge in [0.25, 0.3) is 5.91 Å². The van der Waals surface area contributed by atoms with Crippen molar-refractivity contribution >= 4 is 98.3 Å². The fourth-order valence-corrected chi connectivity index (χ4v) is 12.6. The largest absolute Gasteiger partial charge is 0.744 e. The van der Waals surface area contributed by atoms with Crippen LogP contribution in [-0.2, 0) is 55.4 Å². The highest BCUT2D eigenvalue weighted by Gasteiger charge is 2.46. The zero-order valence-corrected chi connectivity index (χ0v) is 46.1. The summed E-state index contributed by atoms with van der Waals surface area (Å²) >= 11 is 0.468. The number of nitrogens with zero attached hydrogens (tertiary/aromatic N) is 3. The highest BCUT2D eigenvalue weighted by Crippen LogP contribution is 2.52. The second-order valence-electron chi connectivity index (χ2n) is 20.3. The first-order valence-electron chi connectivity index (χ1n) is 24.0. The van der Waals surface area contributed by atoms with E-state index in [0.717, 1.165) is 30.0 Å². The van der Waals surface area contributed by atoms with E-state index in [-0.39, 0.29) is 27.4 Å². The molecule has 1 N–H and O–H groups in total. The number of allylic oxidation sites excluding steroid dienone is 6. The number of benzene rings is 4. The standard InChI is InChI=1S/C53H60N4O14S4/c1-10-56-41-22-19-36-38(27-34(73(61,62)63)29-43(36)72-71-70-60)48(41)52(6,7)45(56)24-17-32(40-21-16-33(31-55-40)50(59)54-26-14-12-13-15-47(58)51(3,4)5)18-25-46-53(8,9)49-39-28-35(74(64,65)66)30-44(75(67,68)69)37(39)20-23-42(49)57(46)11-2/h16-25,27-31H,10-15,26H2,1-9H3,(H4-,54,59,60,61,62,63,64,65,66,67,68,69)/p-3. The summed E-state index contributed by atoms with van der Waals surface area (Å²) in [4.78, 5) is 30.3. The van der Waals surface area contributed by atoms with Gasteiger partial charge in [-0.3, -0.25) is 19.6 Å². The molecule has 400 valence electrons. The molecule has 2 aliphatic heterocycles. The van der Waals surface area contributed by atoms with Crippen LogP contribution in [0.3, 0.4) is 0 Å². The molecule has 0 bridgehead atoms. The Kier molecular flexibility index (Phi) is 16.3. The van der Waals surface area contributed by atoms with Crippen LogP contribution in [0.25, 0.3) is 27.1 Å². The van der Waals surface area contributed by atoms with Crippen molar-refractivity contribution in [1.29, 1.82) is 0 Å². The van der Waals surface area contributed by atoms with Crippen LogP contribution in [0.5, 0.6) is 0 Å². The minimum atomic E-state index is -5.25. The molecule has 75 heavy (non-hydrogen) atoms. The maximum absolute atomic E-state index is 13.3. The molecule has 18 nitrogen and oxygen atoms in total. The molecule has 4 aromatic carbocycles. The molecule has 7 rings (SSSR count). The van der Waals surface area contributed by atoms with Crippen LogP contribution in [0.2, 0.25) is 0 Å². The van der Waals surface area contributed by atoms with Crippen LogP contribution in [-0.4, -0.2) is 85.5 Å². The zero-order valence-electron chi connectivity index (χ0n) is 42.8. The lowest BCUT2D eigenvalue weighted by molar-refractivity contribution is -0.777. The number of unbranched alkanes of at least 4 members (excludes halogenated alkanes) is 2. The molecule has 0 saturated carbocycles. The van der Waals surface area contributed by atoms with Crippen molar-refractivity contribution in [3.63, 3.8) is 0 Å². The molecule has 1 aromatic heterocycles. The fraction of sp³-hybridized carbons (Fsp3) is 0.358. The van der Waals surface area contributed by atoms with Gasteiger partial charge in [0.1, 0.15) is 42.7 Å². The van der Waals surface area contributed by atoms with Crippen LogP contribution in [0.4, 0.5) is 11.4 Å². The SMILES string of the molecule is CCN1/C(=C/C=C(/C=C/C2=[N+](CC)c3ccc4c(SOO[O-])cc(S(=O)(=O)[O-])cc4c3C2(C)C)c2ccc(C(=O)NCCCCCC(=O)C(C)(C)C)cn2)C(C)(C)c2c1ccc1c(S(=O)(=O)[O-])cc(S(=O)(=O)[O-])cc21. The molecule has 0 spiro atoms. The summed E-state index contributed by atoms with van der Waals surface area (Å²) in [5.74, 6) is -0.153. The molecule has 3 heterocycles. The lowest BCUT2D eigenvalue weighted by Gasteiger charge is -2.26. The van der Waals surface area contributed by atoms with Gasteiger partial charge in [0.05, 0.1) is 43.4 Å². The smallest absolute Gasteiger partial charge is 0.252 e. The van der Waals surface area contributed by atoms with Crippen molar-refractivity contribution in [2.75, 3.05) is 24.5 Å². The zero-order chi connectivity index (χ0) is 55.2. The number of likely N-dealkylation sites (N-methyl/N-ethyl adjacent to an activating group) is 1.